The number of Topliss-reactive ketones (excluding diaryl/α,β-unsaturated/α-hetero) is 1. The van der Waals surface area contributed by atoms with Crippen molar-refractivity contribution in [3.63, 3.8) is 0 Å². The third-order valence-corrected chi connectivity index (χ3v) is 14.1. The molecule has 3 saturated heterocycles. The predicted octanol–water partition coefficient (Wildman–Crippen LogP) is 2.78. The number of aliphatic hydroxyl groups excluding tert-OH is 3. The largest absolute Gasteiger partial charge is 0.464 e. The minimum Gasteiger partial charge on any atom is -0.464 e. The van der Waals surface area contributed by atoms with Crippen molar-refractivity contribution < 1.29 is 72.8 Å². The number of hydrogen-bond acceptors (Lipinski definition) is 17. The molecule has 0 spiro atoms. The van der Waals surface area contributed by atoms with E-state index in [1.54, 1.807) is 65.2 Å². The molecule has 3 aliphatic heterocycles. The van der Waals surface area contributed by atoms with Gasteiger partial charge in [-0.05, 0) is 92.2 Å². The molecule has 18 heteroatoms. The van der Waals surface area contributed by atoms with Gasteiger partial charge >= 0.3 is 5.97 Å². The van der Waals surface area contributed by atoms with Gasteiger partial charge in [0.05, 0.1) is 60.3 Å². The average Bonchev–Trinajstić information content (AvgIpc) is 3.81. The van der Waals surface area contributed by atoms with E-state index in [1.807, 2.05) is 25.9 Å². The number of aliphatic hydroxyl groups is 5. The third-order valence-electron chi connectivity index (χ3n) is 14.1. The molecule has 3 aliphatic rings. The van der Waals surface area contributed by atoms with E-state index in [0.717, 1.165) is 0 Å². The number of esters is 1. The number of nitrogens with zero attached hydrogens (tertiary/aromatic N) is 2. The van der Waals surface area contributed by atoms with Gasteiger partial charge in [-0.15, -0.1) is 0 Å². The van der Waals surface area contributed by atoms with Gasteiger partial charge in [-0.25, -0.2) is 0 Å². The number of cyclic esters (lactones) is 1. The second kappa shape index (κ2) is 21.9. The van der Waals surface area contributed by atoms with Crippen LogP contribution in [0.1, 0.15) is 93.6 Å². The second-order valence-corrected chi connectivity index (χ2v) is 19.9. The quantitative estimate of drug-likeness (QED) is 0.168. The summed E-state index contributed by atoms with van der Waals surface area (Å²) in [6.45, 7) is 14.2. The lowest BCUT2D eigenvalue weighted by Crippen LogP contribution is -2.61. The van der Waals surface area contributed by atoms with Crippen molar-refractivity contribution in [1.82, 2.24) is 15.2 Å². The Bertz CT molecular complexity index is 1910. The van der Waals surface area contributed by atoms with Crippen molar-refractivity contribution >= 4 is 17.7 Å². The molecule has 5 rings (SSSR count). The molecular formula is C48H75N3O15. The number of likely N-dealkylation sites (N-methyl/N-ethyl adjacent to an activating group) is 1. The molecule has 2 aromatic heterocycles. The number of ether oxygens (including phenoxy) is 6. The molecule has 6 N–H and O–H groups in total. The molecule has 1 amide bonds. The van der Waals surface area contributed by atoms with Crippen LogP contribution in [0.25, 0.3) is 11.3 Å². The minimum atomic E-state index is -2.23. The highest BCUT2D eigenvalue weighted by Crippen LogP contribution is 2.41. The molecule has 0 radical (unpaired) electrons. The SMILES string of the molecule is COC1(C)CC(O[C@H]2[C@H](C)[C@@H](OC3OC(C)CC(N(C)C)C3O)[C@](C)(O)C[C@@H](C)C(=O)[C@H](C)[C@@H](O)[C@](C)(O)[C@@H](CCNC(=O)Cc3cncc(-c4ccco4)c3)OC(=O)[C@@H]2C)OC(C)C1O. The summed E-state index contributed by atoms with van der Waals surface area (Å²) in [5.74, 6) is -5.46. The van der Waals surface area contributed by atoms with Crippen molar-refractivity contribution in [1.29, 1.82) is 0 Å². The maximum Gasteiger partial charge on any atom is 0.311 e. The van der Waals surface area contributed by atoms with E-state index in [1.165, 1.54) is 34.1 Å². The standard InChI is InChI=1S/C48H75N3O15/c1-25-21-46(7,58)43(66-45-39(54)33(51(10)11)18-26(2)62-45)28(4)40(65-37-22-47(8,60-12)42(56)30(6)63-37)29(5)44(57)64-35(48(9,59)41(55)27(3)38(25)53)15-16-50-36(52)20-31-19-32(24-49-23-31)34-14-13-17-61-34/h13-14,17,19,23-30,33,35,37,39-43,45,54-56,58-59H,15-16,18,20-22H2,1-12H3,(H,50,52)/t25-,26?,27+,28+,29-,30?,33?,35-,37?,39?,40+,41-,42?,43-,45?,46-,47?,48-/m1/s1. The Morgan fingerprint density at radius 3 is 2.29 bits per heavy atom. The number of furan rings is 1. The van der Waals surface area contributed by atoms with Gasteiger partial charge in [-0.1, -0.05) is 20.8 Å². The van der Waals surface area contributed by atoms with E-state index >= 15 is 0 Å². The van der Waals surface area contributed by atoms with Gasteiger partial charge in [-0.2, -0.15) is 0 Å². The lowest BCUT2D eigenvalue weighted by molar-refractivity contribution is -0.318. The summed E-state index contributed by atoms with van der Waals surface area (Å²) in [4.78, 5) is 48.3. The maximum atomic E-state index is 14.7. The van der Waals surface area contributed by atoms with Crippen LogP contribution in [0, 0.1) is 23.7 Å². The summed E-state index contributed by atoms with van der Waals surface area (Å²) in [5.41, 5.74) is -3.93. The van der Waals surface area contributed by atoms with Crippen LogP contribution in [-0.2, 0) is 49.2 Å². The van der Waals surface area contributed by atoms with Gasteiger partial charge in [0.1, 0.15) is 35.5 Å². The lowest BCUT2D eigenvalue weighted by Gasteiger charge is -2.49. The predicted molar refractivity (Wildman–Crippen MR) is 239 cm³/mol. The van der Waals surface area contributed by atoms with Crippen molar-refractivity contribution in [2.45, 2.75) is 179 Å². The number of amides is 1. The Balaban J connectivity index is 1.50. The Morgan fingerprint density at radius 1 is 0.955 bits per heavy atom. The highest BCUT2D eigenvalue weighted by atomic mass is 16.7. The van der Waals surface area contributed by atoms with E-state index in [2.05, 4.69) is 10.3 Å². The Labute approximate surface area is 388 Å². The number of pyridine rings is 1. The molecule has 18 atom stereocenters. The van der Waals surface area contributed by atoms with Crippen LogP contribution in [0.4, 0.5) is 0 Å². The fourth-order valence-corrected chi connectivity index (χ4v) is 10.0. The fraction of sp³-hybridized carbons (Fsp3) is 0.750. The van der Waals surface area contributed by atoms with Crippen molar-refractivity contribution in [3.8, 4) is 11.3 Å². The zero-order chi connectivity index (χ0) is 49.1. The molecule has 0 aliphatic carbocycles. The van der Waals surface area contributed by atoms with Crippen molar-refractivity contribution in [2.24, 2.45) is 23.7 Å². The van der Waals surface area contributed by atoms with E-state index < -0.39 is 108 Å². The molecule has 2 aromatic rings. The number of rotatable bonds is 12. The Morgan fingerprint density at radius 2 is 1.65 bits per heavy atom. The zero-order valence-electron chi connectivity index (χ0n) is 40.6. The van der Waals surface area contributed by atoms with Gasteiger partial charge in [0.2, 0.25) is 5.91 Å². The molecule has 5 heterocycles. The number of nitrogens with one attached hydrogen (secondary N) is 1. The van der Waals surface area contributed by atoms with Crippen LogP contribution in [0.2, 0.25) is 0 Å². The third kappa shape index (κ3) is 12.2. The zero-order valence-corrected chi connectivity index (χ0v) is 40.6. The van der Waals surface area contributed by atoms with Crippen LogP contribution in [-0.4, -0.2) is 165 Å². The van der Waals surface area contributed by atoms with Crippen LogP contribution in [0.15, 0.2) is 41.3 Å². The maximum absolute atomic E-state index is 14.7. The second-order valence-electron chi connectivity index (χ2n) is 19.9. The highest BCUT2D eigenvalue weighted by Gasteiger charge is 2.53. The number of aromatic nitrogens is 1. The van der Waals surface area contributed by atoms with Gasteiger partial charge < -0.3 is 68.6 Å². The first-order valence-corrected chi connectivity index (χ1v) is 23.1. The molecule has 66 heavy (non-hydrogen) atoms. The molecule has 0 aromatic carbocycles. The first-order chi connectivity index (χ1) is 30.8. The topological polar surface area (TPSA) is 249 Å². The molecule has 3 fully saturated rings. The molecule has 0 bridgehead atoms. The summed E-state index contributed by atoms with van der Waals surface area (Å²) in [6, 6.07) is 4.93. The van der Waals surface area contributed by atoms with E-state index in [-0.39, 0.29) is 50.3 Å². The van der Waals surface area contributed by atoms with Crippen LogP contribution >= 0.6 is 0 Å². The number of ketones is 1. The summed E-state index contributed by atoms with van der Waals surface area (Å²) < 4.78 is 43.1. The first-order valence-electron chi connectivity index (χ1n) is 23.1. The summed E-state index contributed by atoms with van der Waals surface area (Å²) >= 11 is 0. The number of carbonyl (C=O) groups excluding carboxylic acids is 3. The van der Waals surface area contributed by atoms with Crippen molar-refractivity contribution in [2.75, 3.05) is 27.7 Å². The number of hydrogen-bond donors (Lipinski definition) is 6. The Kier molecular flexibility index (Phi) is 17.8. The highest BCUT2D eigenvalue weighted by molar-refractivity contribution is 5.83. The fourth-order valence-electron chi connectivity index (χ4n) is 10.0. The van der Waals surface area contributed by atoms with Crippen LogP contribution in [0.3, 0.4) is 0 Å². The molecule has 18 nitrogen and oxygen atoms in total. The van der Waals surface area contributed by atoms with Crippen molar-refractivity contribution in [3.05, 3.63) is 42.4 Å². The summed E-state index contributed by atoms with van der Waals surface area (Å²) in [5, 5.41) is 62.0. The smallest absolute Gasteiger partial charge is 0.311 e. The van der Waals surface area contributed by atoms with Gasteiger partial charge in [0.15, 0.2) is 12.6 Å². The molecule has 0 saturated carbocycles. The molecule has 8 unspecified atom stereocenters. The summed E-state index contributed by atoms with van der Waals surface area (Å²) in [7, 11) is 5.13. The number of methoxy groups -OCH3 is 1. The monoisotopic (exact) mass is 934 g/mol. The first kappa shape index (κ1) is 53.6. The normalized spacial score (nSPS) is 41.0. The minimum absolute atomic E-state index is 0.0320. The lowest BCUT2D eigenvalue weighted by atomic mass is 9.74. The van der Waals surface area contributed by atoms with Gasteiger partial charge in [-0.3, -0.25) is 19.4 Å². The van der Waals surface area contributed by atoms with Gasteiger partial charge in [0, 0.05) is 68.2 Å². The Hall–Kier alpha value is -3.40. The van der Waals surface area contributed by atoms with Gasteiger partial charge in [0.25, 0.3) is 0 Å². The number of carbonyl (C=O) groups is 3. The van der Waals surface area contributed by atoms with E-state index in [9.17, 15) is 39.9 Å². The summed E-state index contributed by atoms with van der Waals surface area (Å²) in [6.07, 6.45) is -6.56. The van der Waals surface area contributed by atoms with E-state index in [4.69, 9.17) is 32.8 Å². The average molecular weight is 934 g/mol. The molecule has 372 valence electrons. The van der Waals surface area contributed by atoms with Crippen LogP contribution in [0.5, 0.6) is 0 Å². The molecular weight excluding hydrogens is 859 g/mol. The van der Waals surface area contributed by atoms with E-state index in [0.29, 0.717) is 23.3 Å². The van der Waals surface area contributed by atoms with Crippen LogP contribution < -0.4 is 5.32 Å².